The summed E-state index contributed by atoms with van der Waals surface area (Å²) in [6.45, 7) is 2.41. The Morgan fingerprint density at radius 1 is 1.21 bits per heavy atom. The van der Waals surface area contributed by atoms with Crippen LogP contribution in [0, 0.1) is 0 Å². The minimum Gasteiger partial charge on any atom is -0.486 e. The molecule has 0 amide bonds. The van der Waals surface area contributed by atoms with Gasteiger partial charge in [0.2, 0.25) is 0 Å². The van der Waals surface area contributed by atoms with Crippen molar-refractivity contribution in [3.8, 4) is 11.5 Å². The van der Waals surface area contributed by atoms with Gasteiger partial charge in [-0.05, 0) is 51.2 Å². The van der Waals surface area contributed by atoms with Crippen LogP contribution in [0.5, 0.6) is 11.5 Å². The maximum absolute atomic E-state index is 5.69. The van der Waals surface area contributed by atoms with E-state index < -0.39 is 0 Å². The molecule has 4 nitrogen and oxygen atoms in total. The number of benzene rings is 1. The Kier molecular flexibility index (Phi) is 3.62. The van der Waals surface area contributed by atoms with E-state index in [9.17, 15) is 0 Å². The number of nitrogens with one attached hydrogen (secondary N) is 1. The minimum atomic E-state index is 0.387. The van der Waals surface area contributed by atoms with Crippen LogP contribution in [0.25, 0.3) is 0 Å². The van der Waals surface area contributed by atoms with Crippen LogP contribution >= 0.6 is 0 Å². The normalized spacial score (nSPS) is 23.6. The number of rotatable bonds is 3. The molecule has 2 aliphatic rings. The van der Waals surface area contributed by atoms with Crippen molar-refractivity contribution in [3.05, 3.63) is 23.8 Å². The standard InChI is InChI=1S/C15H22N2O2/c1-17(2)15(12-4-3-7-16-12)11-5-6-13-14(10-11)19-9-8-18-13/h5-6,10,12,15-16H,3-4,7-9H2,1-2H3. The fraction of sp³-hybridized carbons (Fsp3) is 0.600. The lowest BCUT2D eigenvalue weighted by Crippen LogP contribution is -2.37. The zero-order valence-corrected chi connectivity index (χ0v) is 11.7. The Hall–Kier alpha value is -1.26. The smallest absolute Gasteiger partial charge is 0.161 e. The molecule has 0 aromatic heterocycles. The van der Waals surface area contributed by atoms with Gasteiger partial charge < -0.3 is 19.7 Å². The van der Waals surface area contributed by atoms with Crippen LogP contribution in [-0.4, -0.2) is 44.8 Å². The Morgan fingerprint density at radius 3 is 2.68 bits per heavy atom. The molecule has 2 atom stereocenters. The lowest BCUT2D eigenvalue weighted by molar-refractivity contribution is 0.170. The largest absolute Gasteiger partial charge is 0.486 e. The molecule has 1 fully saturated rings. The van der Waals surface area contributed by atoms with Crippen molar-refractivity contribution >= 4 is 0 Å². The van der Waals surface area contributed by atoms with Gasteiger partial charge >= 0.3 is 0 Å². The van der Waals surface area contributed by atoms with E-state index in [0.717, 1.165) is 18.0 Å². The molecule has 2 heterocycles. The summed E-state index contributed by atoms with van der Waals surface area (Å²) in [5.41, 5.74) is 1.30. The first-order chi connectivity index (χ1) is 9.25. The van der Waals surface area contributed by atoms with Crippen molar-refractivity contribution in [1.29, 1.82) is 0 Å². The molecule has 19 heavy (non-hydrogen) atoms. The molecule has 0 spiro atoms. The highest BCUT2D eigenvalue weighted by Gasteiger charge is 2.28. The molecule has 1 aromatic rings. The van der Waals surface area contributed by atoms with Crippen molar-refractivity contribution in [2.24, 2.45) is 0 Å². The summed E-state index contributed by atoms with van der Waals surface area (Å²) in [4.78, 5) is 2.29. The molecule has 3 rings (SSSR count). The van der Waals surface area contributed by atoms with Crippen LogP contribution in [0.1, 0.15) is 24.4 Å². The van der Waals surface area contributed by atoms with Crippen LogP contribution in [0.2, 0.25) is 0 Å². The van der Waals surface area contributed by atoms with Crippen molar-refractivity contribution in [3.63, 3.8) is 0 Å². The fourth-order valence-corrected chi connectivity index (χ4v) is 3.12. The lowest BCUT2D eigenvalue weighted by Gasteiger charge is -2.31. The van der Waals surface area contributed by atoms with Crippen LogP contribution in [0.15, 0.2) is 18.2 Å². The molecule has 1 aromatic carbocycles. The average molecular weight is 262 g/mol. The van der Waals surface area contributed by atoms with E-state index in [1.807, 2.05) is 6.07 Å². The van der Waals surface area contributed by atoms with Gasteiger partial charge in [-0.15, -0.1) is 0 Å². The van der Waals surface area contributed by atoms with E-state index >= 15 is 0 Å². The Balaban J connectivity index is 1.89. The molecular weight excluding hydrogens is 240 g/mol. The quantitative estimate of drug-likeness (QED) is 0.901. The Morgan fingerprint density at radius 2 is 2.00 bits per heavy atom. The molecule has 0 bridgehead atoms. The van der Waals surface area contributed by atoms with Crippen molar-refractivity contribution in [2.75, 3.05) is 33.9 Å². The van der Waals surface area contributed by atoms with E-state index in [1.165, 1.54) is 18.4 Å². The van der Waals surface area contributed by atoms with Crippen LogP contribution in [-0.2, 0) is 0 Å². The second-order valence-electron chi connectivity index (χ2n) is 5.51. The van der Waals surface area contributed by atoms with Crippen molar-refractivity contribution in [2.45, 2.75) is 24.9 Å². The van der Waals surface area contributed by atoms with Gasteiger partial charge in [-0.25, -0.2) is 0 Å². The topological polar surface area (TPSA) is 33.7 Å². The van der Waals surface area contributed by atoms with Gasteiger partial charge in [-0.2, -0.15) is 0 Å². The highest BCUT2D eigenvalue weighted by molar-refractivity contribution is 5.45. The Bertz CT molecular complexity index is 442. The second-order valence-corrected chi connectivity index (χ2v) is 5.51. The van der Waals surface area contributed by atoms with Crippen LogP contribution in [0.4, 0.5) is 0 Å². The molecular formula is C15H22N2O2. The number of hydrogen-bond acceptors (Lipinski definition) is 4. The lowest BCUT2D eigenvalue weighted by atomic mass is 9.96. The molecule has 2 unspecified atom stereocenters. The van der Waals surface area contributed by atoms with Gasteiger partial charge in [0.1, 0.15) is 13.2 Å². The number of likely N-dealkylation sites (N-methyl/N-ethyl adjacent to an activating group) is 1. The third-order valence-corrected chi connectivity index (χ3v) is 3.94. The summed E-state index contributed by atoms with van der Waals surface area (Å²) < 4.78 is 11.3. The summed E-state index contributed by atoms with van der Waals surface area (Å²) in [6.07, 6.45) is 2.50. The number of fused-ring (bicyclic) bond motifs is 1. The van der Waals surface area contributed by atoms with E-state index in [1.54, 1.807) is 0 Å². The number of nitrogens with zero attached hydrogens (tertiary/aromatic N) is 1. The molecule has 1 saturated heterocycles. The molecule has 0 aliphatic carbocycles. The van der Waals surface area contributed by atoms with Gasteiger partial charge in [-0.3, -0.25) is 0 Å². The third-order valence-electron chi connectivity index (χ3n) is 3.94. The first kappa shape index (κ1) is 12.8. The van der Waals surface area contributed by atoms with E-state index in [4.69, 9.17) is 9.47 Å². The predicted molar refractivity (Wildman–Crippen MR) is 74.9 cm³/mol. The maximum Gasteiger partial charge on any atom is 0.161 e. The van der Waals surface area contributed by atoms with Gasteiger partial charge in [0, 0.05) is 12.1 Å². The second kappa shape index (κ2) is 5.39. The summed E-state index contributed by atoms with van der Waals surface area (Å²) >= 11 is 0. The minimum absolute atomic E-state index is 0.387. The van der Waals surface area contributed by atoms with Crippen LogP contribution in [0.3, 0.4) is 0 Å². The maximum atomic E-state index is 5.69. The summed E-state index contributed by atoms with van der Waals surface area (Å²) in [6, 6.07) is 7.25. The number of ether oxygens (including phenoxy) is 2. The summed E-state index contributed by atoms with van der Waals surface area (Å²) in [5, 5.41) is 3.60. The summed E-state index contributed by atoms with van der Waals surface area (Å²) in [7, 11) is 4.28. The molecule has 0 saturated carbocycles. The van der Waals surface area contributed by atoms with Crippen LogP contribution < -0.4 is 14.8 Å². The average Bonchev–Trinajstić information content (AvgIpc) is 2.92. The van der Waals surface area contributed by atoms with Crippen molar-refractivity contribution in [1.82, 2.24) is 10.2 Å². The Labute approximate surface area is 114 Å². The zero-order valence-electron chi connectivity index (χ0n) is 11.7. The van der Waals surface area contributed by atoms with E-state index in [-0.39, 0.29) is 0 Å². The summed E-state index contributed by atoms with van der Waals surface area (Å²) in [5.74, 6) is 1.75. The van der Waals surface area contributed by atoms with E-state index in [2.05, 4.69) is 36.4 Å². The van der Waals surface area contributed by atoms with Crippen molar-refractivity contribution < 1.29 is 9.47 Å². The van der Waals surface area contributed by atoms with Gasteiger partial charge in [0.25, 0.3) is 0 Å². The predicted octanol–water partition coefficient (Wildman–Crippen LogP) is 1.81. The highest BCUT2D eigenvalue weighted by Crippen LogP contribution is 2.35. The molecule has 104 valence electrons. The highest BCUT2D eigenvalue weighted by atomic mass is 16.6. The van der Waals surface area contributed by atoms with E-state index in [0.29, 0.717) is 25.3 Å². The fourth-order valence-electron chi connectivity index (χ4n) is 3.12. The third kappa shape index (κ3) is 2.55. The SMILES string of the molecule is CN(C)C(c1ccc2c(c1)OCCO2)C1CCCN1. The molecule has 1 N–H and O–H groups in total. The first-order valence-electron chi connectivity index (χ1n) is 7.05. The number of hydrogen-bond donors (Lipinski definition) is 1. The zero-order chi connectivity index (χ0) is 13.2. The molecule has 4 heteroatoms. The van der Waals surface area contributed by atoms with Gasteiger partial charge in [0.05, 0.1) is 0 Å². The van der Waals surface area contributed by atoms with Gasteiger partial charge in [-0.1, -0.05) is 6.07 Å². The first-order valence-corrected chi connectivity index (χ1v) is 7.05. The van der Waals surface area contributed by atoms with Gasteiger partial charge in [0.15, 0.2) is 11.5 Å². The molecule has 0 radical (unpaired) electrons. The molecule has 2 aliphatic heterocycles. The monoisotopic (exact) mass is 262 g/mol.